The average molecular weight is 288 g/mol. The zero-order valence-corrected chi connectivity index (χ0v) is 12.1. The van der Waals surface area contributed by atoms with Crippen molar-refractivity contribution in [1.82, 2.24) is 10.2 Å². The smallest absolute Gasteiger partial charge is 0.174 e. The fourth-order valence-corrected chi connectivity index (χ4v) is 2.81. The van der Waals surface area contributed by atoms with Gasteiger partial charge in [0.2, 0.25) is 0 Å². The zero-order valence-electron chi connectivity index (χ0n) is 10.6. The molecule has 1 heterocycles. The van der Waals surface area contributed by atoms with Gasteiger partial charge in [0, 0.05) is 12.6 Å². The van der Waals surface area contributed by atoms with Gasteiger partial charge in [0.25, 0.3) is 0 Å². The van der Waals surface area contributed by atoms with E-state index in [-0.39, 0.29) is 0 Å². The van der Waals surface area contributed by atoms with Crippen molar-refractivity contribution in [2.45, 2.75) is 39.0 Å². The van der Waals surface area contributed by atoms with Gasteiger partial charge in [-0.05, 0) is 18.3 Å². The molecule has 0 spiro atoms. The highest BCUT2D eigenvalue weighted by Gasteiger charge is 2.17. The predicted molar refractivity (Wildman–Crippen MR) is 76.3 cm³/mol. The summed E-state index contributed by atoms with van der Waals surface area (Å²) in [6.07, 6.45) is 6.63. The highest BCUT2D eigenvalue weighted by molar-refractivity contribution is 6.33. The lowest BCUT2D eigenvalue weighted by Crippen LogP contribution is -2.16. The second kappa shape index (κ2) is 6.58. The second-order valence-corrected chi connectivity index (χ2v) is 5.96. The monoisotopic (exact) mass is 287 g/mol. The van der Waals surface area contributed by atoms with Crippen molar-refractivity contribution in [2.75, 3.05) is 11.9 Å². The average Bonchev–Trinajstić information content (AvgIpc) is 2.36. The number of anilines is 1. The molecule has 0 amide bonds. The van der Waals surface area contributed by atoms with Gasteiger partial charge in [-0.3, -0.25) is 0 Å². The minimum Gasteiger partial charge on any atom is -0.382 e. The van der Waals surface area contributed by atoms with Gasteiger partial charge in [-0.1, -0.05) is 55.8 Å². The van der Waals surface area contributed by atoms with Gasteiger partial charge in [0.1, 0.15) is 0 Å². The quantitative estimate of drug-likeness (QED) is 0.891. The van der Waals surface area contributed by atoms with Crippen molar-refractivity contribution >= 4 is 28.9 Å². The third-order valence-corrected chi connectivity index (χ3v) is 4.19. The van der Waals surface area contributed by atoms with Crippen LogP contribution in [0.2, 0.25) is 10.3 Å². The van der Waals surface area contributed by atoms with E-state index >= 15 is 0 Å². The number of aromatic nitrogens is 2. The van der Waals surface area contributed by atoms with Gasteiger partial charge >= 0.3 is 0 Å². The van der Waals surface area contributed by atoms with Crippen LogP contribution in [0.1, 0.15) is 39.0 Å². The summed E-state index contributed by atoms with van der Waals surface area (Å²) in [5.41, 5.74) is 0.779. The van der Waals surface area contributed by atoms with Gasteiger partial charge in [-0.15, -0.1) is 10.2 Å². The molecule has 1 aliphatic carbocycles. The van der Waals surface area contributed by atoms with Crippen LogP contribution in [-0.4, -0.2) is 16.7 Å². The van der Waals surface area contributed by atoms with E-state index in [9.17, 15) is 0 Å². The molecule has 2 rings (SSSR count). The third-order valence-electron chi connectivity index (χ3n) is 3.72. The Hall–Kier alpha value is -0.540. The molecule has 5 heteroatoms. The Kier molecular flexibility index (Phi) is 5.07. The first-order valence-electron chi connectivity index (χ1n) is 6.57. The van der Waals surface area contributed by atoms with Gasteiger partial charge in [-0.25, -0.2) is 0 Å². The lowest BCUT2D eigenvalue weighted by atomic mass is 9.81. The van der Waals surface area contributed by atoms with E-state index in [1.807, 2.05) is 0 Å². The molecule has 0 bridgehead atoms. The molecule has 0 unspecified atom stereocenters. The van der Waals surface area contributed by atoms with Crippen molar-refractivity contribution in [3.05, 3.63) is 16.4 Å². The Morgan fingerprint density at radius 1 is 1.22 bits per heavy atom. The molecule has 0 atom stereocenters. The highest BCUT2D eigenvalue weighted by Crippen LogP contribution is 2.30. The Bertz CT molecular complexity index is 390. The summed E-state index contributed by atoms with van der Waals surface area (Å²) < 4.78 is 0. The summed E-state index contributed by atoms with van der Waals surface area (Å²) in [5.74, 6) is 1.75. The zero-order chi connectivity index (χ0) is 13.0. The molecular formula is C13H19Cl2N3. The first-order chi connectivity index (χ1) is 8.65. The first kappa shape index (κ1) is 13.9. The van der Waals surface area contributed by atoms with Crippen LogP contribution in [0.4, 0.5) is 5.69 Å². The molecule has 3 nitrogen and oxygen atoms in total. The van der Waals surface area contributed by atoms with Crippen molar-refractivity contribution < 1.29 is 0 Å². The first-order valence-corrected chi connectivity index (χ1v) is 7.33. The normalized spacial score (nSPS) is 23.9. The Morgan fingerprint density at radius 2 is 1.94 bits per heavy atom. The maximum Gasteiger partial charge on any atom is 0.174 e. The molecule has 1 aliphatic rings. The number of hydrogen-bond acceptors (Lipinski definition) is 3. The van der Waals surface area contributed by atoms with Crippen molar-refractivity contribution in [3.63, 3.8) is 0 Å². The van der Waals surface area contributed by atoms with Crippen LogP contribution in [-0.2, 0) is 0 Å². The van der Waals surface area contributed by atoms with Gasteiger partial charge in [-0.2, -0.15) is 0 Å². The van der Waals surface area contributed by atoms with Crippen molar-refractivity contribution in [2.24, 2.45) is 11.8 Å². The van der Waals surface area contributed by atoms with E-state index in [1.165, 1.54) is 32.1 Å². The van der Waals surface area contributed by atoms with E-state index < -0.39 is 0 Å². The number of nitrogens with zero attached hydrogens (tertiary/aromatic N) is 2. The summed E-state index contributed by atoms with van der Waals surface area (Å²) in [5, 5.41) is 11.5. The predicted octanol–water partition coefficient (Wildman–Crippen LogP) is 4.41. The van der Waals surface area contributed by atoms with Crippen LogP contribution in [0.5, 0.6) is 0 Å². The molecular weight excluding hydrogens is 269 g/mol. The largest absolute Gasteiger partial charge is 0.382 e. The van der Waals surface area contributed by atoms with Crippen LogP contribution in [0.15, 0.2) is 6.07 Å². The minimum atomic E-state index is 0.369. The van der Waals surface area contributed by atoms with Gasteiger partial charge in [0.05, 0.1) is 5.69 Å². The molecule has 0 aromatic carbocycles. The fourth-order valence-electron chi connectivity index (χ4n) is 2.51. The Morgan fingerprint density at radius 3 is 2.67 bits per heavy atom. The van der Waals surface area contributed by atoms with Gasteiger partial charge in [0.15, 0.2) is 10.3 Å². The standard InChI is InChI=1S/C13H19Cl2N3/c1-9-2-4-10(5-3-9)6-7-16-11-8-12(14)17-18-13(11)15/h8-10H,2-7H2,1H3,(H,16,17). The van der Waals surface area contributed by atoms with Crippen molar-refractivity contribution in [3.8, 4) is 0 Å². The summed E-state index contributed by atoms with van der Waals surface area (Å²) in [6.45, 7) is 3.26. The molecule has 1 saturated carbocycles. The highest BCUT2D eigenvalue weighted by atomic mass is 35.5. The molecule has 1 aromatic rings. The summed E-state index contributed by atoms with van der Waals surface area (Å²) in [7, 11) is 0. The van der Waals surface area contributed by atoms with E-state index in [2.05, 4.69) is 22.4 Å². The van der Waals surface area contributed by atoms with Crippen LogP contribution in [0.3, 0.4) is 0 Å². The Labute approximate surface area is 118 Å². The van der Waals surface area contributed by atoms with Crippen LogP contribution < -0.4 is 5.32 Å². The lowest BCUT2D eigenvalue weighted by Gasteiger charge is -2.26. The Balaban J connectivity index is 1.76. The maximum absolute atomic E-state index is 5.94. The number of nitrogens with one attached hydrogen (secondary N) is 1. The van der Waals surface area contributed by atoms with Crippen LogP contribution >= 0.6 is 23.2 Å². The summed E-state index contributed by atoms with van der Waals surface area (Å²) in [6, 6.07) is 1.72. The molecule has 100 valence electrons. The number of rotatable bonds is 4. The van der Waals surface area contributed by atoms with E-state index in [0.717, 1.165) is 24.1 Å². The summed E-state index contributed by atoms with van der Waals surface area (Å²) in [4.78, 5) is 0. The van der Waals surface area contributed by atoms with Crippen molar-refractivity contribution in [1.29, 1.82) is 0 Å². The lowest BCUT2D eigenvalue weighted by molar-refractivity contribution is 0.282. The molecule has 1 aromatic heterocycles. The van der Waals surface area contributed by atoms with E-state index in [4.69, 9.17) is 23.2 Å². The third kappa shape index (κ3) is 3.99. The molecule has 1 N–H and O–H groups in total. The van der Waals surface area contributed by atoms with Crippen LogP contribution in [0.25, 0.3) is 0 Å². The fraction of sp³-hybridized carbons (Fsp3) is 0.692. The SMILES string of the molecule is CC1CCC(CCNc2cc(Cl)nnc2Cl)CC1. The topological polar surface area (TPSA) is 37.8 Å². The van der Waals surface area contributed by atoms with E-state index in [0.29, 0.717) is 10.3 Å². The molecule has 18 heavy (non-hydrogen) atoms. The molecule has 0 saturated heterocycles. The van der Waals surface area contributed by atoms with Gasteiger partial charge < -0.3 is 5.32 Å². The molecule has 1 fully saturated rings. The number of hydrogen-bond donors (Lipinski definition) is 1. The molecule has 0 radical (unpaired) electrons. The second-order valence-electron chi connectivity index (χ2n) is 5.21. The minimum absolute atomic E-state index is 0.369. The molecule has 0 aliphatic heterocycles. The number of halogens is 2. The summed E-state index contributed by atoms with van der Waals surface area (Å²) >= 11 is 11.7. The van der Waals surface area contributed by atoms with E-state index in [1.54, 1.807) is 6.07 Å². The maximum atomic E-state index is 5.94. The van der Waals surface area contributed by atoms with Crippen LogP contribution in [0, 0.1) is 11.8 Å².